The van der Waals surface area contributed by atoms with E-state index in [0.29, 0.717) is 29.5 Å². The fraction of sp³-hybridized carbons (Fsp3) is 0.333. The fourth-order valence-corrected chi connectivity index (χ4v) is 4.63. The van der Waals surface area contributed by atoms with Gasteiger partial charge in [0.1, 0.15) is 11.5 Å². The van der Waals surface area contributed by atoms with Crippen LogP contribution in [0, 0.1) is 0 Å². The molecule has 1 saturated heterocycles. The number of imide groups is 1. The zero-order chi connectivity index (χ0) is 27.9. The van der Waals surface area contributed by atoms with Crippen molar-refractivity contribution in [2.75, 3.05) is 6.54 Å². The van der Waals surface area contributed by atoms with Gasteiger partial charge < -0.3 is 9.67 Å². The third-order valence-electron chi connectivity index (χ3n) is 6.76. The van der Waals surface area contributed by atoms with E-state index in [9.17, 15) is 19.5 Å². The molecule has 212 valence electrons. The Morgan fingerprint density at radius 2 is 1.55 bits per heavy atom. The van der Waals surface area contributed by atoms with Gasteiger partial charge >= 0.3 is 12.0 Å². The number of carbonyl (C=O) groups is 3. The molecule has 1 aliphatic rings. The number of benzene rings is 2. The normalized spacial score (nSPS) is 14.2. The Bertz CT molecular complexity index is 1370. The number of imidazole rings is 1. The van der Waals surface area contributed by atoms with Crippen LogP contribution in [-0.2, 0) is 24.3 Å². The number of aryl methyl sites for hydroxylation is 1. The number of hydrogen-bond acceptors (Lipinski definition) is 4. The second-order valence-corrected chi connectivity index (χ2v) is 10.1. The average Bonchev–Trinajstić information content (AvgIpc) is 3.40. The van der Waals surface area contributed by atoms with Gasteiger partial charge in [0.15, 0.2) is 0 Å². The Labute approximate surface area is 245 Å². The number of urea groups is 1. The van der Waals surface area contributed by atoms with E-state index in [1.807, 2.05) is 23.6 Å². The van der Waals surface area contributed by atoms with Crippen LogP contribution in [-0.4, -0.2) is 48.9 Å². The summed E-state index contributed by atoms with van der Waals surface area (Å²) in [5, 5.41) is 9.85. The first-order valence-corrected chi connectivity index (χ1v) is 13.7. The monoisotopic (exact) mass is 584 g/mol. The van der Waals surface area contributed by atoms with Gasteiger partial charge in [-0.05, 0) is 54.3 Å². The molecular weight excluding hydrogens is 551 g/mol. The standard InChI is InChI=1S/C30H33ClN4O4.ClH/c1-3-5-7-27-32-18-25(34(27)19-21-8-12-23(13-9-21)29(37)38)17-26-28(36)33(16-6-4-2)30(39)35(26)20-22-10-14-24(31)15-11-22;/h8-15,17-18H,3-7,16,19-20H2,1-2H3,(H,37,38);1H. The smallest absolute Gasteiger partial charge is 0.335 e. The summed E-state index contributed by atoms with van der Waals surface area (Å²) in [7, 11) is 0. The molecular formula is C30H34Cl2N4O4. The highest BCUT2D eigenvalue weighted by molar-refractivity contribution is 6.30. The number of carboxylic acids is 1. The third-order valence-corrected chi connectivity index (χ3v) is 7.01. The van der Waals surface area contributed by atoms with Crippen molar-refractivity contribution in [3.05, 3.63) is 93.7 Å². The molecule has 8 nitrogen and oxygen atoms in total. The summed E-state index contributed by atoms with van der Waals surface area (Å²) >= 11 is 6.05. The van der Waals surface area contributed by atoms with Crippen LogP contribution in [0.1, 0.15) is 72.5 Å². The van der Waals surface area contributed by atoms with Crippen LogP contribution < -0.4 is 0 Å². The summed E-state index contributed by atoms with van der Waals surface area (Å²) in [4.78, 5) is 45.7. The average molecular weight is 586 g/mol. The highest BCUT2D eigenvalue weighted by atomic mass is 35.5. The van der Waals surface area contributed by atoms with E-state index in [2.05, 4.69) is 11.9 Å². The highest BCUT2D eigenvalue weighted by Gasteiger charge is 2.40. The van der Waals surface area contributed by atoms with Gasteiger partial charge in [-0.15, -0.1) is 12.4 Å². The van der Waals surface area contributed by atoms with E-state index in [-0.39, 0.29) is 36.5 Å². The zero-order valence-electron chi connectivity index (χ0n) is 22.7. The summed E-state index contributed by atoms with van der Waals surface area (Å²) in [5.41, 5.74) is 3.00. The Morgan fingerprint density at radius 3 is 2.17 bits per heavy atom. The van der Waals surface area contributed by atoms with Gasteiger partial charge in [0.05, 0.1) is 24.0 Å². The van der Waals surface area contributed by atoms with Crippen molar-refractivity contribution in [2.45, 2.75) is 59.0 Å². The number of carbonyl (C=O) groups excluding carboxylic acids is 2. The lowest BCUT2D eigenvalue weighted by Crippen LogP contribution is -2.33. The highest BCUT2D eigenvalue weighted by Crippen LogP contribution is 2.27. The lowest BCUT2D eigenvalue weighted by molar-refractivity contribution is -0.123. The number of unbranched alkanes of at least 4 members (excludes halogenated alkanes) is 2. The Hall–Kier alpha value is -3.62. The first-order valence-electron chi connectivity index (χ1n) is 13.3. The number of halogens is 2. The summed E-state index contributed by atoms with van der Waals surface area (Å²) in [6.45, 7) is 5.19. The third kappa shape index (κ3) is 7.11. The molecule has 0 spiro atoms. The summed E-state index contributed by atoms with van der Waals surface area (Å²) < 4.78 is 2.03. The zero-order valence-corrected chi connectivity index (χ0v) is 24.2. The van der Waals surface area contributed by atoms with Gasteiger partial charge in [-0.2, -0.15) is 0 Å². The molecule has 0 radical (unpaired) electrons. The minimum atomic E-state index is -0.976. The fourth-order valence-electron chi connectivity index (χ4n) is 4.50. The van der Waals surface area contributed by atoms with Gasteiger partial charge in [-0.1, -0.05) is 62.6 Å². The quantitative estimate of drug-likeness (QED) is 0.190. The summed E-state index contributed by atoms with van der Waals surface area (Å²) in [6, 6.07) is 13.6. The lowest BCUT2D eigenvalue weighted by Gasteiger charge is -2.18. The van der Waals surface area contributed by atoms with Gasteiger partial charge in [0.2, 0.25) is 0 Å². The lowest BCUT2D eigenvalue weighted by atomic mass is 10.1. The van der Waals surface area contributed by atoms with Gasteiger partial charge in [-0.3, -0.25) is 14.6 Å². The maximum Gasteiger partial charge on any atom is 0.335 e. The molecule has 3 aromatic rings. The molecule has 0 saturated carbocycles. The van der Waals surface area contributed by atoms with Crippen molar-refractivity contribution in [2.24, 2.45) is 0 Å². The molecule has 0 bridgehead atoms. The Morgan fingerprint density at radius 1 is 0.925 bits per heavy atom. The van der Waals surface area contributed by atoms with Crippen molar-refractivity contribution in [1.29, 1.82) is 0 Å². The maximum atomic E-state index is 13.5. The van der Waals surface area contributed by atoms with E-state index in [0.717, 1.165) is 49.1 Å². The van der Waals surface area contributed by atoms with Crippen molar-refractivity contribution >= 4 is 48.0 Å². The number of nitrogens with zero attached hydrogens (tertiary/aromatic N) is 4. The van der Waals surface area contributed by atoms with E-state index < -0.39 is 5.97 Å². The summed E-state index contributed by atoms with van der Waals surface area (Å²) in [5.74, 6) is -0.429. The van der Waals surface area contributed by atoms with E-state index in [1.165, 1.54) is 9.80 Å². The van der Waals surface area contributed by atoms with E-state index in [4.69, 9.17) is 11.6 Å². The van der Waals surface area contributed by atoms with Crippen LogP contribution in [0.25, 0.3) is 6.08 Å². The molecule has 3 amide bonds. The minimum absolute atomic E-state index is 0. The second-order valence-electron chi connectivity index (χ2n) is 9.63. The minimum Gasteiger partial charge on any atom is -0.478 e. The number of hydrogen-bond donors (Lipinski definition) is 1. The Kier molecular flexibility index (Phi) is 10.9. The van der Waals surface area contributed by atoms with Crippen LogP contribution in [0.15, 0.2) is 60.4 Å². The van der Waals surface area contributed by atoms with E-state index in [1.54, 1.807) is 48.7 Å². The number of aromatic nitrogens is 2. The molecule has 0 aliphatic carbocycles. The number of aromatic carboxylic acids is 1. The van der Waals surface area contributed by atoms with Crippen molar-refractivity contribution in [3.63, 3.8) is 0 Å². The van der Waals surface area contributed by atoms with Crippen molar-refractivity contribution < 1.29 is 19.5 Å². The maximum absolute atomic E-state index is 13.5. The van der Waals surface area contributed by atoms with E-state index >= 15 is 0 Å². The number of amides is 3. The van der Waals surface area contributed by atoms with Crippen LogP contribution in [0.2, 0.25) is 5.02 Å². The number of carboxylic acid groups (broad SMARTS) is 1. The van der Waals surface area contributed by atoms with Crippen LogP contribution in [0.3, 0.4) is 0 Å². The molecule has 0 unspecified atom stereocenters. The van der Waals surface area contributed by atoms with Crippen LogP contribution in [0.5, 0.6) is 0 Å². The summed E-state index contributed by atoms with van der Waals surface area (Å²) in [6.07, 6.45) is 7.79. The van der Waals surface area contributed by atoms with Gasteiger partial charge in [0, 0.05) is 24.5 Å². The largest absolute Gasteiger partial charge is 0.478 e. The number of rotatable bonds is 12. The second kappa shape index (κ2) is 14.1. The predicted molar refractivity (Wildman–Crippen MR) is 158 cm³/mol. The molecule has 40 heavy (non-hydrogen) atoms. The topological polar surface area (TPSA) is 95.7 Å². The molecule has 1 aliphatic heterocycles. The first kappa shape index (κ1) is 30.9. The molecule has 2 heterocycles. The SMILES string of the molecule is CCCCc1ncc(C=C2C(=O)N(CCCC)C(=O)N2Cc2ccc(Cl)cc2)n1Cc1ccc(C(=O)O)cc1.Cl. The predicted octanol–water partition coefficient (Wildman–Crippen LogP) is 6.65. The Balaban J connectivity index is 0.00000441. The molecule has 0 atom stereocenters. The van der Waals surface area contributed by atoms with Crippen LogP contribution >= 0.6 is 24.0 Å². The molecule has 1 aromatic heterocycles. The van der Waals surface area contributed by atoms with Gasteiger partial charge in [0.25, 0.3) is 5.91 Å². The molecule has 4 rings (SSSR count). The van der Waals surface area contributed by atoms with Gasteiger partial charge in [-0.25, -0.2) is 14.6 Å². The molecule has 1 fully saturated rings. The molecule has 2 aromatic carbocycles. The first-order chi connectivity index (χ1) is 18.8. The van der Waals surface area contributed by atoms with Crippen LogP contribution in [0.4, 0.5) is 4.79 Å². The molecule has 1 N–H and O–H groups in total. The van der Waals surface area contributed by atoms with Crippen molar-refractivity contribution in [3.8, 4) is 0 Å². The molecule has 10 heteroatoms. The van der Waals surface area contributed by atoms with Crippen molar-refractivity contribution in [1.82, 2.24) is 19.4 Å².